The molecule has 5 rings (SSSR count). The molecule has 0 bridgehead atoms. The molecule has 2 saturated carbocycles. The van der Waals surface area contributed by atoms with Gasteiger partial charge >= 0.3 is 0 Å². The highest BCUT2D eigenvalue weighted by Crippen LogP contribution is 2.44. The van der Waals surface area contributed by atoms with Crippen molar-refractivity contribution in [3.8, 4) is 0 Å². The fourth-order valence-electron chi connectivity index (χ4n) is 7.01. The number of piperazine rings is 1. The number of fused-ring (bicyclic) bond motifs is 1. The van der Waals surface area contributed by atoms with Gasteiger partial charge in [-0.25, -0.2) is 9.45 Å². The van der Waals surface area contributed by atoms with Crippen molar-refractivity contribution in [3.63, 3.8) is 0 Å². The molecule has 10 nitrogen and oxygen atoms in total. The number of rotatable bonds is 10. The largest absolute Gasteiger partial charge is 0.366 e. The van der Waals surface area contributed by atoms with Crippen LogP contribution in [0.2, 0.25) is 0 Å². The molecule has 1 aromatic carbocycles. The molecule has 2 heterocycles. The minimum atomic E-state index is -0.815. The molecule has 2 aliphatic heterocycles. The summed E-state index contributed by atoms with van der Waals surface area (Å²) < 4.78 is 15.4. The van der Waals surface area contributed by atoms with Crippen molar-refractivity contribution in [2.45, 2.75) is 84.2 Å². The van der Waals surface area contributed by atoms with Gasteiger partial charge in [-0.2, -0.15) is 0 Å². The third-order valence-corrected chi connectivity index (χ3v) is 9.56. The van der Waals surface area contributed by atoms with E-state index < -0.39 is 17.4 Å². The Hall–Kier alpha value is -3.21. The standard InChI is InChI=1S/C32H46FN5O5/c1-32(2,3)29(34-30(41)22(19-37(43)20-39)18-21-6-4-5-7-21)31(42)36-16-14-35(15-17-36)28-25(33)11-10-24-26(40)12-13-38(27(24)28)23-8-9-23/h10-11,20-23,29,43H,4-9,12-19H2,1-3H3,(H,34,41)/t22-,29-/m1/s1. The van der Waals surface area contributed by atoms with Crippen LogP contribution in [0.25, 0.3) is 0 Å². The molecule has 43 heavy (non-hydrogen) atoms. The van der Waals surface area contributed by atoms with E-state index in [0.29, 0.717) is 85.9 Å². The fourth-order valence-corrected chi connectivity index (χ4v) is 7.01. The minimum absolute atomic E-state index is 0.0365. The maximum atomic E-state index is 15.4. The number of halogens is 1. The molecule has 3 amide bonds. The Morgan fingerprint density at radius 2 is 1.74 bits per heavy atom. The number of hydrogen-bond donors (Lipinski definition) is 2. The van der Waals surface area contributed by atoms with Crippen LogP contribution in [0.3, 0.4) is 0 Å². The Bertz CT molecular complexity index is 1220. The lowest BCUT2D eigenvalue weighted by atomic mass is 9.84. The molecule has 2 N–H and O–H groups in total. The van der Waals surface area contributed by atoms with Crippen LogP contribution in [0.15, 0.2) is 12.1 Å². The normalized spacial score (nSPS) is 21.0. The van der Waals surface area contributed by atoms with Gasteiger partial charge in [-0.05, 0) is 42.7 Å². The molecule has 1 aromatic rings. The summed E-state index contributed by atoms with van der Waals surface area (Å²) in [5.41, 5.74) is 1.12. The van der Waals surface area contributed by atoms with Gasteiger partial charge in [0.1, 0.15) is 11.9 Å². The second-order valence-electron chi connectivity index (χ2n) is 13.8. The van der Waals surface area contributed by atoms with Crippen LogP contribution in [-0.2, 0) is 14.4 Å². The van der Waals surface area contributed by atoms with E-state index in [1.165, 1.54) is 6.07 Å². The third kappa shape index (κ3) is 6.97. The van der Waals surface area contributed by atoms with Crippen molar-refractivity contribution in [2.24, 2.45) is 17.3 Å². The molecule has 2 atom stereocenters. The average molecular weight is 600 g/mol. The summed E-state index contributed by atoms with van der Waals surface area (Å²) in [6, 6.07) is 2.51. The third-order valence-electron chi connectivity index (χ3n) is 9.56. The smallest absolute Gasteiger partial charge is 0.245 e. The van der Waals surface area contributed by atoms with Gasteiger partial charge in [0.2, 0.25) is 18.2 Å². The Labute approximate surface area is 253 Å². The van der Waals surface area contributed by atoms with Crippen molar-refractivity contribution >= 4 is 35.4 Å². The first-order chi connectivity index (χ1) is 20.5. The van der Waals surface area contributed by atoms with E-state index in [-0.39, 0.29) is 30.0 Å². The number of ketones is 1. The number of carbonyl (C=O) groups excluding carboxylic acids is 4. The first-order valence-electron chi connectivity index (χ1n) is 15.8. The lowest BCUT2D eigenvalue weighted by Gasteiger charge is -2.42. The summed E-state index contributed by atoms with van der Waals surface area (Å²) in [6.07, 6.45) is 7.60. The number of carbonyl (C=O) groups is 4. The predicted molar refractivity (Wildman–Crippen MR) is 161 cm³/mol. The predicted octanol–water partition coefficient (Wildman–Crippen LogP) is 3.60. The molecule has 11 heteroatoms. The number of hydroxylamine groups is 2. The molecule has 3 fully saturated rings. The van der Waals surface area contributed by atoms with Crippen molar-refractivity contribution in [1.82, 2.24) is 15.3 Å². The number of benzene rings is 1. The van der Waals surface area contributed by atoms with E-state index in [4.69, 9.17) is 0 Å². The number of Topliss-reactive ketones (excluding diaryl/α,β-unsaturated/α-hetero) is 1. The lowest BCUT2D eigenvalue weighted by Crippen LogP contribution is -2.59. The van der Waals surface area contributed by atoms with Crippen LogP contribution >= 0.6 is 0 Å². The van der Waals surface area contributed by atoms with Crippen molar-refractivity contribution in [2.75, 3.05) is 49.1 Å². The number of nitrogens with one attached hydrogen (secondary N) is 1. The quantitative estimate of drug-likeness (QED) is 0.240. The van der Waals surface area contributed by atoms with Crippen molar-refractivity contribution in [3.05, 3.63) is 23.5 Å². The zero-order valence-electron chi connectivity index (χ0n) is 25.7. The molecular formula is C32H46FN5O5. The molecular weight excluding hydrogens is 553 g/mol. The van der Waals surface area contributed by atoms with Crippen LogP contribution in [0.1, 0.15) is 82.5 Å². The van der Waals surface area contributed by atoms with E-state index >= 15 is 4.39 Å². The average Bonchev–Trinajstić information content (AvgIpc) is 3.69. The van der Waals surface area contributed by atoms with Gasteiger partial charge in [-0.1, -0.05) is 46.5 Å². The topological polar surface area (TPSA) is 114 Å². The summed E-state index contributed by atoms with van der Waals surface area (Å²) in [6.45, 7) is 7.68. The lowest BCUT2D eigenvalue weighted by molar-refractivity contribution is -0.156. The molecule has 0 unspecified atom stereocenters. The summed E-state index contributed by atoms with van der Waals surface area (Å²) in [5.74, 6) is -1.15. The monoisotopic (exact) mass is 599 g/mol. The zero-order chi connectivity index (χ0) is 30.9. The van der Waals surface area contributed by atoms with Gasteiger partial charge in [0.25, 0.3) is 0 Å². The van der Waals surface area contributed by atoms with Crippen molar-refractivity contribution in [1.29, 1.82) is 0 Å². The van der Waals surface area contributed by atoms with Crippen LogP contribution in [-0.4, -0.2) is 90.5 Å². The molecule has 0 aromatic heterocycles. The molecule has 2 aliphatic carbocycles. The fraction of sp³-hybridized carbons (Fsp3) is 0.688. The van der Waals surface area contributed by atoms with Gasteiger partial charge in [-0.3, -0.25) is 24.4 Å². The maximum absolute atomic E-state index is 15.4. The van der Waals surface area contributed by atoms with E-state index in [1.54, 1.807) is 11.0 Å². The van der Waals surface area contributed by atoms with Crippen LogP contribution in [0, 0.1) is 23.1 Å². The number of amides is 3. The van der Waals surface area contributed by atoms with E-state index in [1.807, 2.05) is 25.7 Å². The first-order valence-corrected chi connectivity index (χ1v) is 15.8. The van der Waals surface area contributed by atoms with E-state index in [9.17, 15) is 24.4 Å². The summed E-state index contributed by atoms with van der Waals surface area (Å²) in [4.78, 5) is 57.2. The van der Waals surface area contributed by atoms with Gasteiger partial charge in [0.15, 0.2) is 5.78 Å². The van der Waals surface area contributed by atoms with Crippen LogP contribution in [0.5, 0.6) is 0 Å². The second kappa shape index (κ2) is 12.8. The van der Waals surface area contributed by atoms with E-state index in [0.717, 1.165) is 38.5 Å². The van der Waals surface area contributed by atoms with Gasteiger partial charge in [0.05, 0.1) is 23.8 Å². The van der Waals surface area contributed by atoms with Crippen LogP contribution in [0.4, 0.5) is 15.8 Å². The van der Waals surface area contributed by atoms with Crippen LogP contribution < -0.4 is 15.1 Å². The SMILES string of the molecule is CC(C)(C)[C@H](NC(=O)[C@H](CC1CCCC1)CN(O)C=O)C(=O)N1CCN(c2c(F)ccc3c2N(C2CC2)CCC3=O)CC1. The first kappa shape index (κ1) is 31.2. The van der Waals surface area contributed by atoms with Gasteiger partial charge in [-0.15, -0.1) is 0 Å². The van der Waals surface area contributed by atoms with Crippen molar-refractivity contribution < 1.29 is 28.8 Å². The number of hydrogen-bond acceptors (Lipinski definition) is 7. The summed E-state index contributed by atoms with van der Waals surface area (Å²) >= 11 is 0. The number of nitrogens with zero attached hydrogens (tertiary/aromatic N) is 4. The highest BCUT2D eigenvalue weighted by Gasteiger charge is 2.41. The Morgan fingerprint density at radius 1 is 1.07 bits per heavy atom. The zero-order valence-corrected chi connectivity index (χ0v) is 25.7. The maximum Gasteiger partial charge on any atom is 0.245 e. The minimum Gasteiger partial charge on any atom is -0.366 e. The highest BCUT2D eigenvalue weighted by atomic mass is 19.1. The summed E-state index contributed by atoms with van der Waals surface area (Å²) in [5, 5.41) is 13.4. The molecule has 1 saturated heterocycles. The Balaban J connectivity index is 1.29. The number of anilines is 2. The summed E-state index contributed by atoms with van der Waals surface area (Å²) in [7, 11) is 0. The molecule has 4 aliphatic rings. The van der Waals surface area contributed by atoms with E-state index in [2.05, 4.69) is 10.2 Å². The van der Waals surface area contributed by atoms with Gasteiger partial charge < -0.3 is 20.0 Å². The van der Waals surface area contributed by atoms with Gasteiger partial charge in [0, 0.05) is 50.7 Å². The molecule has 0 radical (unpaired) electrons. The molecule has 0 spiro atoms. The highest BCUT2D eigenvalue weighted by molar-refractivity contribution is 6.06. The Morgan fingerprint density at radius 3 is 2.35 bits per heavy atom. The molecule has 236 valence electrons. The Kier molecular flexibility index (Phi) is 9.29. The second-order valence-corrected chi connectivity index (χ2v) is 13.8.